The Labute approximate surface area is 156 Å². The van der Waals surface area contributed by atoms with Crippen molar-refractivity contribution >= 4 is 17.5 Å². The van der Waals surface area contributed by atoms with Crippen LogP contribution < -0.4 is 0 Å². The predicted octanol–water partition coefficient (Wildman–Crippen LogP) is 2.86. The van der Waals surface area contributed by atoms with Crippen LogP contribution in [-0.4, -0.2) is 51.7 Å². The van der Waals surface area contributed by atoms with E-state index in [4.69, 9.17) is 11.6 Å². The quantitative estimate of drug-likeness (QED) is 0.798. The first-order valence-corrected chi connectivity index (χ1v) is 8.94. The first-order chi connectivity index (χ1) is 12.5. The number of benzene rings is 1. The molecule has 140 valence electrons. The zero-order valence-electron chi connectivity index (χ0n) is 14.6. The largest absolute Gasteiger partial charge is 0.340 e. The third kappa shape index (κ3) is 4.22. The van der Waals surface area contributed by atoms with Crippen LogP contribution in [0.25, 0.3) is 0 Å². The van der Waals surface area contributed by atoms with Gasteiger partial charge >= 0.3 is 0 Å². The lowest BCUT2D eigenvalue weighted by atomic mass is 10.1. The van der Waals surface area contributed by atoms with Crippen LogP contribution in [0, 0.1) is 18.6 Å². The molecule has 1 amide bonds. The molecule has 2 aromatic rings. The summed E-state index contributed by atoms with van der Waals surface area (Å²) in [6.45, 7) is 5.12. The maximum atomic E-state index is 13.8. The minimum absolute atomic E-state index is 0.0626. The molecule has 0 N–H and O–H groups in total. The third-order valence-electron chi connectivity index (χ3n) is 4.73. The van der Waals surface area contributed by atoms with E-state index in [1.807, 2.05) is 11.8 Å². The maximum Gasteiger partial charge on any atom is 0.224 e. The van der Waals surface area contributed by atoms with Gasteiger partial charge < -0.3 is 4.90 Å². The Hall–Kier alpha value is -1.99. The van der Waals surface area contributed by atoms with Crippen LogP contribution in [0.2, 0.25) is 5.02 Å². The molecular formula is C18H21ClF2N4O. The number of piperazine rings is 1. The number of hydrogen-bond donors (Lipinski definition) is 0. The summed E-state index contributed by atoms with van der Waals surface area (Å²) in [4.78, 5) is 16.2. The van der Waals surface area contributed by atoms with Gasteiger partial charge in [-0.2, -0.15) is 5.10 Å². The Bertz CT molecular complexity index is 787. The van der Waals surface area contributed by atoms with Crippen molar-refractivity contribution in [2.75, 3.05) is 26.2 Å². The summed E-state index contributed by atoms with van der Waals surface area (Å²) in [5, 5.41) is 4.74. The number of amides is 1. The maximum absolute atomic E-state index is 13.8. The molecule has 5 nitrogen and oxygen atoms in total. The zero-order chi connectivity index (χ0) is 18.7. The van der Waals surface area contributed by atoms with Gasteiger partial charge in [0.2, 0.25) is 5.91 Å². The number of halogens is 3. The van der Waals surface area contributed by atoms with Crippen molar-refractivity contribution in [3.8, 4) is 0 Å². The van der Waals surface area contributed by atoms with Crippen molar-refractivity contribution in [1.82, 2.24) is 19.6 Å². The van der Waals surface area contributed by atoms with E-state index in [0.717, 1.165) is 11.8 Å². The Kier molecular flexibility index (Phi) is 5.88. The highest BCUT2D eigenvalue weighted by Crippen LogP contribution is 2.16. The van der Waals surface area contributed by atoms with Crippen molar-refractivity contribution in [3.63, 3.8) is 0 Å². The molecule has 1 aliphatic heterocycles. The minimum atomic E-state index is -0.828. The van der Waals surface area contributed by atoms with Crippen molar-refractivity contribution in [3.05, 3.63) is 52.3 Å². The Morgan fingerprint density at radius 3 is 2.62 bits per heavy atom. The molecule has 0 radical (unpaired) electrons. The van der Waals surface area contributed by atoms with Gasteiger partial charge in [-0.15, -0.1) is 0 Å². The predicted molar refractivity (Wildman–Crippen MR) is 94.8 cm³/mol. The minimum Gasteiger partial charge on any atom is -0.340 e. The van der Waals surface area contributed by atoms with E-state index in [2.05, 4.69) is 5.10 Å². The lowest BCUT2D eigenvalue weighted by molar-refractivity contribution is -0.133. The number of carbonyl (C=O) groups is 1. The van der Waals surface area contributed by atoms with E-state index < -0.39 is 11.6 Å². The van der Waals surface area contributed by atoms with Gasteiger partial charge in [0.25, 0.3) is 0 Å². The van der Waals surface area contributed by atoms with Crippen LogP contribution in [0.1, 0.15) is 17.7 Å². The average molecular weight is 383 g/mol. The van der Waals surface area contributed by atoms with E-state index in [9.17, 15) is 13.6 Å². The second-order valence-corrected chi connectivity index (χ2v) is 6.83. The first kappa shape index (κ1) is 18.8. The van der Waals surface area contributed by atoms with Crippen LogP contribution in [-0.2, 0) is 17.9 Å². The van der Waals surface area contributed by atoms with Crippen molar-refractivity contribution in [2.45, 2.75) is 26.4 Å². The van der Waals surface area contributed by atoms with Crippen LogP contribution in [0.5, 0.6) is 0 Å². The highest BCUT2D eigenvalue weighted by Gasteiger charge is 2.22. The molecule has 0 atom stereocenters. The zero-order valence-corrected chi connectivity index (χ0v) is 15.3. The molecule has 26 heavy (non-hydrogen) atoms. The Morgan fingerprint density at radius 2 is 1.96 bits per heavy atom. The van der Waals surface area contributed by atoms with Gasteiger partial charge in [-0.3, -0.25) is 14.4 Å². The molecule has 3 rings (SSSR count). The second-order valence-electron chi connectivity index (χ2n) is 6.42. The third-order valence-corrected chi connectivity index (χ3v) is 5.10. The molecule has 0 spiro atoms. The summed E-state index contributed by atoms with van der Waals surface area (Å²) in [6.07, 6.45) is 1.93. The van der Waals surface area contributed by atoms with Crippen molar-refractivity contribution < 1.29 is 13.6 Å². The number of nitrogens with zero attached hydrogens (tertiary/aromatic N) is 4. The lowest BCUT2D eigenvalue weighted by Crippen LogP contribution is -2.48. The Morgan fingerprint density at radius 1 is 1.23 bits per heavy atom. The fraction of sp³-hybridized carbons (Fsp3) is 0.444. The van der Waals surface area contributed by atoms with E-state index >= 15 is 0 Å². The van der Waals surface area contributed by atoms with Gasteiger partial charge in [-0.1, -0.05) is 23.7 Å². The monoisotopic (exact) mass is 382 g/mol. The SMILES string of the molecule is Cc1c(Cl)cnn1CCC(=O)N1CCN(Cc2cccc(F)c2F)CC1. The molecular weight excluding hydrogens is 362 g/mol. The standard InChI is InChI=1S/C18H21ClF2N4O/c1-13-15(19)11-22-25(13)6-5-17(26)24-9-7-23(8-10-24)12-14-3-2-4-16(20)18(14)21/h2-4,11H,5-10,12H2,1H3. The summed E-state index contributed by atoms with van der Waals surface area (Å²) < 4.78 is 28.8. The topological polar surface area (TPSA) is 41.4 Å². The number of carbonyl (C=O) groups excluding carboxylic acids is 1. The van der Waals surface area contributed by atoms with Crippen LogP contribution in [0.15, 0.2) is 24.4 Å². The highest BCUT2D eigenvalue weighted by atomic mass is 35.5. The molecule has 2 heterocycles. The number of aromatic nitrogens is 2. The van der Waals surface area contributed by atoms with Gasteiger partial charge in [0, 0.05) is 44.7 Å². The lowest BCUT2D eigenvalue weighted by Gasteiger charge is -2.35. The van der Waals surface area contributed by atoms with Gasteiger partial charge in [0.15, 0.2) is 11.6 Å². The summed E-state index contributed by atoms with van der Waals surface area (Å²) in [5.41, 5.74) is 1.19. The van der Waals surface area contributed by atoms with E-state index in [0.29, 0.717) is 56.3 Å². The summed E-state index contributed by atoms with van der Waals surface area (Å²) >= 11 is 5.96. The number of aryl methyl sites for hydroxylation is 1. The number of hydrogen-bond acceptors (Lipinski definition) is 3. The van der Waals surface area contributed by atoms with E-state index in [1.165, 1.54) is 6.07 Å². The molecule has 0 unspecified atom stereocenters. The van der Waals surface area contributed by atoms with Gasteiger partial charge in [0.05, 0.1) is 23.5 Å². The highest BCUT2D eigenvalue weighted by molar-refractivity contribution is 6.31. The first-order valence-electron chi connectivity index (χ1n) is 8.56. The van der Waals surface area contributed by atoms with E-state index in [-0.39, 0.29) is 5.91 Å². The summed E-state index contributed by atoms with van der Waals surface area (Å²) in [7, 11) is 0. The normalized spacial score (nSPS) is 15.5. The Balaban J connectivity index is 1.48. The molecule has 0 bridgehead atoms. The molecule has 1 aliphatic rings. The molecule has 8 heteroatoms. The van der Waals surface area contributed by atoms with Crippen LogP contribution in [0.3, 0.4) is 0 Å². The fourth-order valence-electron chi connectivity index (χ4n) is 3.08. The summed E-state index contributed by atoms with van der Waals surface area (Å²) in [5.74, 6) is -1.56. The molecule has 1 aromatic heterocycles. The van der Waals surface area contributed by atoms with Crippen LogP contribution >= 0.6 is 11.6 Å². The fourth-order valence-corrected chi connectivity index (χ4v) is 3.22. The average Bonchev–Trinajstić information content (AvgIpc) is 2.96. The second kappa shape index (κ2) is 8.14. The smallest absolute Gasteiger partial charge is 0.224 e. The molecule has 0 aliphatic carbocycles. The van der Waals surface area contributed by atoms with Gasteiger partial charge in [-0.05, 0) is 13.0 Å². The summed E-state index contributed by atoms with van der Waals surface area (Å²) in [6, 6.07) is 4.22. The number of rotatable bonds is 5. The van der Waals surface area contributed by atoms with Gasteiger partial charge in [0.1, 0.15) is 0 Å². The molecule has 1 aromatic carbocycles. The van der Waals surface area contributed by atoms with Gasteiger partial charge in [-0.25, -0.2) is 8.78 Å². The molecule has 0 saturated carbocycles. The van der Waals surface area contributed by atoms with Crippen molar-refractivity contribution in [2.24, 2.45) is 0 Å². The molecule has 1 fully saturated rings. The van der Waals surface area contributed by atoms with E-state index in [1.54, 1.807) is 21.8 Å². The molecule has 1 saturated heterocycles. The van der Waals surface area contributed by atoms with Crippen LogP contribution in [0.4, 0.5) is 8.78 Å². The van der Waals surface area contributed by atoms with Crippen molar-refractivity contribution in [1.29, 1.82) is 0 Å².